The number of carboxylic acids is 1. The summed E-state index contributed by atoms with van der Waals surface area (Å²) in [5.74, 6) is -1.60. The van der Waals surface area contributed by atoms with E-state index in [0.717, 1.165) is 0 Å². The molecule has 1 amide bonds. The standard InChI is InChI=1S/C17H19FN4O4/c1-10(2)15-19-14(20-22(15)12-5-3-4-11(18)8-12)16(23)21-6-7-26-13(9-21)17(24)25/h3-5,8,10,13H,6-7,9H2,1-2H3,(H,24,25). The number of carbonyl (C=O) groups is 2. The monoisotopic (exact) mass is 362 g/mol. The molecule has 1 aromatic carbocycles. The van der Waals surface area contributed by atoms with Crippen molar-refractivity contribution in [2.75, 3.05) is 19.7 Å². The van der Waals surface area contributed by atoms with Gasteiger partial charge in [0.25, 0.3) is 5.91 Å². The van der Waals surface area contributed by atoms with E-state index >= 15 is 0 Å². The van der Waals surface area contributed by atoms with Crippen molar-refractivity contribution < 1.29 is 23.8 Å². The fourth-order valence-electron chi connectivity index (χ4n) is 2.71. The van der Waals surface area contributed by atoms with Crippen molar-refractivity contribution in [3.05, 3.63) is 41.7 Å². The minimum absolute atomic E-state index is 0.0519. The minimum atomic E-state index is -1.12. The smallest absolute Gasteiger partial charge is 0.334 e. The SMILES string of the molecule is CC(C)c1nc(C(=O)N2CCOC(C(=O)O)C2)nn1-c1cccc(F)c1. The van der Waals surface area contributed by atoms with Gasteiger partial charge in [-0.25, -0.2) is 18.9 Å². The molecule has 0 saturated carbocycles. The van der Waals surface area contributed by atoms with Gasteiger partial charge in [-0.2, -0.15) is 0 Å². The summed E-state index contributed by atoms with van der Waals surface area (Å²) >= 11 is 0. The lowest BCUT2D eigenvalue weighted by atomic mass is 10.2. The summed E-state index contributed by atoms with van der Waals surface area (Å²) in [5, 5.41) is 13.3. The van der Waals surface area contributed by atoms with Crippen molar-refractivity contribution >= 4 is 11.9 Å². The summed E-state index contributed by atoms with van der Waals surface area (Å²) in [5.41, 5.74) is 0.464. The molecule has 1 aromatic heterocycles. The van der Waals surface area contributed by atoms with E-state index in [1.165, 1.54) is 21.7 Å². The number of benzene rings is 1. The van der Waals surface area contributed by atoms with E-state index < -0.39 is 23.8 Å². The van der Waals surface area contributed by atoms with Gasteiger partial charge in [-0.15, -0.1) is 5.10 Å². The topological polar surface area (TPSA) is 97.6 Å². The molecule has 3 rings (SSSR count). The van der Waals surface area contributed by atoms with Crippen LogP contribution in [0.15, 0.2) is 24.3 Å². The number of morpholine rings is 1. The number of rotatable bonds is 4. The quantitative estimate of drug-likeness (QED) is 0.884. The summed E-state index contributed by atoms with van der Waals surface area (Å²) in [6.45, 7) is 4.10. The van der Waals surface area contributed by atoms with E-state index in [4.69, 9.17) is 9.84 Å². The Hall–Kier alpha value is -2.81. The molecule has 8 nitrogen and oxygen atoms in total. The third-order valence-corrected chi connectivity index (χ3v) is 4.02. The first-order valence-electron chi connectivity index (χ1n) is 8.23. The third kappa shape index (κ3) is 3.57. The Labute approximate surface area is 149 Å². The van der Waals surface area contributed by atoms with Crippen LogP contribution in [0.4, 0.5) is 4.39 Å². The first-order chi connectivity index (χ1) is 12.4. The molecule has 138 valence electrons. The zero-order chi connectivity index (χ0) is 18.8. The number of hydrogen-bond acceptors (Lipinski definition) is 5. The molecule has 1 aliphatic rings. The van der Waals surface area contributed by atoms with Gasteiger partial charge in [0.2, 0.25) is 5.82 Å². The number of halogens is 1. The largest absolute Gasteiger partial charge is 0.479 e. The maximum atomic E-state index is 13.6. The number of hydrogen-bond donors (Lipinski definition) is 1. The maximum absolute atomic E-state index is 13.6. The average Bonchev–Trinajstić information content (AvgIpc) is 3.07. The molecule has 1 atom stereocenters. The molecule has 9 heteroatoms. The van der Waals surface area contributed by atoms with Crippen molar-refractivity contribution in [2.45, 2.75) is 25.9 Å². The predicted molar refractivity (Wildman–Crippen MR) is 88.7 cm³/mol. The van der Waals surface area contributed by atoms with Crippen molar-refractivity contribution in [3.63, 3.8) is 0 Å². The molecule has 0 spiro atoms. The second kappa shape index (κ2) is 7.20. The number of nitrogens with zero attached hydrogens (tertiary/aromatic N) is 4. The summed E-state index contributed by atoms with van der Waals surface area (Å²) in [6, 6.07) is 5.86. The van der Waals surface area contributed by atoms with Crippen LogP contribution in [0.5, 0.6) is 0 Å². The van der Waals surface area contributed by atoms with Crippen LogP contribution in [0.3, 0.4) is 0 Å². The molecule has 1 aliphatic heterocycles. The van der Waals surface area contributed by atoms with Crippen LogP contribution in [0.25, 0.3) is 5.69 Å². The second-order valence-corrected chi connectivity index (χ2v) is 6.29. The lowest BCUT2D eigenvalue weighted by Crippen LogP contribution is -2.48. The predicted octanol–water partition coefficient (Wildman–Crippen LogP) is 1.46. The van der Waals surface area contributed by atoms with Gasteiger partial charge in [0.1, 0.15) is 11.6 Å². The lowest BCUT2D eigenvalue weighted by Gasteiger charge is -2.29. The van der Waals surface area contributed by atoms with Crippen molar-refractivity contribution in [1.29, 1.82) is 0 Å². The molecule has 0 bridgehead atoms. The highest BCUT2D eigenvalue weighted by molar-refractivity contribution is 5.91. The van der Waals surface area contributed by atoms with Crippen LogP contribution >= 0.6 is 0 Å². The first-order valence-corrected chi connectivity index (χ1v) is 8.23. The summed E-state index contributed by atoms with van der Waals surface area (Å²) in [6.07, 6.45) is -1.07. The van der Waals surface area contributed by atoms with E-state index in [1.54, 1.807) is 12.1 Å². The second-order valence-electron chi connectivity index (χ2n) is 6.29. The van der Waals surface area contributed by atoms with Crippen molar-refractivity contribution in [1.82, 2.24) is 19.7 Å². The van der Waals surface area contributed by atoms with E-state index in [-0.39, 0.29) is 31.4 Å². The van der Waals surface area contributed by atoms with Crippen LogP contribution < -0.4 is 0 Å². The van der Waals surface area contributed by atoms with Gasteiger partial charge in [0.05, 0.1) is 18.8 Å². The molecular formula is C17H19FN4O4. The van der Waals surface area contributed by atoms with E-state index in [0.29, 0.717) is 11.5 Å². The fraction of sp³-hybridized carbons (Fsp3) is 0.412. The van der Waals surface area contributed by atoms with Gasteiger partial charge in [0, 0.05) is 12.5 Å². The number of carbonyl (C=O) groups excluding carboxylic acids is 1. The molecule has 1 fully saturated rings. The molecular weight excluding hydrogens is 343 g/mol. The molecule has 0 radical (unpaired) electrons. The van der Waals surface area contributed by atoms with Gasteiger partial charge < -0.3 is 14.7 Å². The van der Waals surface area contributed by atoms with Crippen LogP contribution in [0.2, 0.25) is 0 Å². The van der Waals surface area contributed by atoms with Gasteiger partial charge in [-0.05, 0) is 18.2 Å². The first kappa shape index (κ1) is 18.0. The molecule has 0 aliphatic carbocycles. The van der Waals surface area contributed by atoms with E-state index in [9.17, 15) is 14.0 Å². The van der Waals surface area contributed by atoms with Crippen LogP contribution in [-0.2, 0) is 9.53 Å². The number of aromatic nitrogens is 3. The molecule has 2 aromatic rings. The highest BCUT2D eigenvalue weighted by atomic mass is 19.1. The Morgan fingerprint density at radius 3 is 2.81 bits per heavy atom. The normalized spacial score (nSPS) is 17.5. The molecule has 2 heterocycles. The highest BCUT2D eigenvalue weighted by Crippen LogP contribution is 2.19. The van der Waals surface area contributed by atoms with Crippen LogP contribution in [-0.4, -0.2) is 62.4 Å². The molecule has 1 saturated heterocycles. The summed E-state index contributed by atoms with van der Waals surface area (Å²) in [7, 11) is 0. The van der Waals surface area contributed by atoms with Crippen molar-refractivity contribution in [3.8, 4) is 5.69 Å². The highest BCUT2D eigenvalue weighted by Gasteiger charge is 2.32. The van der Waals surface area contributed by atoms with E-state index in [2.05, 4.69) is 10.1 Å². The minimum Gasteiger partial charge on any atom is -0.479 e. The van der Waals surface area contributed by atoms with Crippen LogP contribution in [0, 0.1) is 5.82 Å². The Balaban J connectivity index is 1.92. The summed E-state index contributed by atoms with van der Waals surface area (Å²) in [4.78, 5) is 29.5. The Morgan fingerprint density at radius 1 is 1.38 bits per heavy atom. The van der Waals surface area contributed by atoms with Gasteiger partial charge in [-0.1, -0.05) is 19.9 Å². The summed E-state index contributed by atoms with van der Waals surface area (Å²) < 4.78 is 20.1. The Bertz CT molecular complexity index is 836. The number of ether oxygens (including phenoxy) is 1. The fourth-order valence-corrected chi connectivity index (χ4v) is 2.71. The van der Waals surface area contributed by atoms with Crippen LogP contribution in [0.1, 0.15) is 36.2 Å². The van der Waals surface area contributed by atoms with Gasteiger partial charge in [0.15, 0.2) is 6.10 Å². The average molecular weight is 362 g/mol. The van der Waals surface area contributed by atoms with E-state index in [1.807, 2.05) is 13.8 Å². The number of amides is 1. The maximum Gasteiger partial charge on any atom is 0.334 e. The third-order valence-electron chi connectivity index (χ3n) is 4.02. The zero-order valence-corrected chi connectivity index (χ0v) is 14.4. The molecule has 1 N–H and O–H groups in total. The molecule has 1 unspecified atom stereocenters. The number of carboxylic acid groups (broad SMARTS) is 1. The molecule has 26 heavy (non-hydrogen) atoms. The zero-order valence-electron chi connectivity index (χ0n) is 14.4. The van der Waals surface area contributed by atoms with Gasteiger partial charge >= 0.3 is 5.97 Å². The Kier molecular flexibility index (Phi) is 4.99. The lowest BCUT2D eigenvalue weighted by molar-refractivity contribution is -0.154. The Morgan fingerprint density at radius 2 is 2.15 bits per heavy atom. The van der Waals surface area contributed by atoms with Gasteiger partial charge in [-0.3, -0.25) is 4.79 Å². The number of aliphatic carboxylic acids is 1. The van der Waals surface area contributed by atoms with Crippen molar-refractivity contribution in [2.24, 2.45) is 0 Å².